The molecule has 0 aromatic heterocycles. The number of hydrogen-bond acceptors (Lipinski definition) is 11. The van der Waals surface area contributed by atoms with E-state index in [2.05, 4.69) is 44.5 Å². The van der Waals surface area contributed by atoms with Gasteiger partial charge in [0.05, 0.1) is 6.04 Å². The summed E-state index contributed by atoms with van der Waals surface area (Å²) in [6, 6.07) is -8.09. The number of nitrogens with one attached hydrogen (secondary N) is 6. The molecule has 0 spiro atoms. The lowest BCUT2D eigenvalue weighted by molar-refractivity contribution is -0.145. The number of hydrogen-bond donors (Lipinski definition) is 9. The molecule has 0 aromatic carbocycles. The summed E-state index contributed by atoms with van der Waals surface area (Å²) in [6.07, 6.45) is 2.95. The van der Waals surface area contributed by atoms with Crippen LogP contribution in [0.4, 0.5) is 0 Å². The van der Waals surface area contributed by atoms with E-state index in [-0.39, 0.29) is 56.4 Å². The maximum atomic E-state index is 14.1. The summed E-state index contributed by atoms with van der Waals surface area (Å²) >= 11 is 3.97. The number of primary amides is 1. The van der Waals surface area contributed by atoms with Crippen LogP contribution in [-0.4, -0.2) is 142 Å². The summed E-state index contributed by atoms with van der Waals surface area (Å²) < 4.78 is 0. The third-order valence-corrected chi connectivity index (χ3v) is 11.3. The first-order chi connectivity index (χ1) is 26.9. The number of aliphatic carboxylic acids is 1. The highest BCUT2D eigenvalue weighted by Crippen LogP contribution is 2.24. The van der Waals surface area contributed by atoms with Gasteiger partial charge in [0.1, 0.15) is 42.3 Å². The van der Waals surface area contributed by atoms with Crippen molar-refractivity contribution in [2.24, 2.45) is 17.6 Å². The molecule has 0 saturated carbocycles. The van der Waals surface area contributed by atoms with Gasteiger partial charge < -0.3 is 52.5 Å². The highest BCUT2D eigenvalue weighted by molar-refractivity contribution is 7.80. The molecule has 9 unspecified atom stereocenters. The number of carbonyl (C=O) groups excluding carboxylic acids is 8. The second-order valence-corrected chi connectivity index (χ2v) is 15.9. The number of carbonyl (C=O) groups is 9. The summed E-state index contributed by atoms with van der Waals surface area (Å²) in [5.74, 6) is -7.02. The normalized spacial score (nSPS) is 22.4. The summed E-state index contributed by atoms with van der Waals surface area (Å²) in [4.78, 5) is 121. The summed E-state index contributed by atoms with van der Waals surface area (Å²) in [5, 5.41) is 25.6. The van der Waals surface area contributed by atoms with E-state index in [1.54, 1.807) is 20.8 Å². The Morgan fingerprint density at radius 2 is 1.33 bits per heavy atom. The van der Waals surface area contributed by atoms with E-state index in [4.69, 9.17) is 5.73 Å². The van der Waals surface area contributed by atoms with Crippen molar-refractivity contribution in [3.63, 3.8) is 0 Å². The lowest BCUT2D eigenvalue weighted by atomic mass is 9.97. The molecular weight excluding hydrogens is 763 g/mol. The molecule has 320 valence electrons. The van der Waals surface area contributed by atoms with Gasteiger partial charge >= 0.3 is 5.97 Å². The van der Waals surface area contributed by atoms with Gasteiger partial charge in [-0.05, 0) is 70.3 Å². The van der Waals surface area contributed by atoms with Crippen LogP contribution >= 0.6 is 12.6 Å². The number of rotatable bonds is 20. The first-order valence-corrected chi connectivity index (χ1v) is 20.5. The average molecular weight is 824 g/mol. The Hall–Kier alpha value is -4.46. The fourth-order valence-corrected chi connectivity index (χ4v) is 7.52. The fraction of sp³-hybridized carbons (Fsp3) is 0.757. The number of likely N-dealkylation sites (tertiary alicyclic amines) is 2. The third kappa shape index (κ3) is 12.8. The zero-order valence-electron chi connectivity index (χ0n) is 33.5. The number of amides is 8. The van der Waals surface area contributed by atoms with Crippen LogP contribution in [0.2, 0.25) is 0 Å². The molecule has 19 nitrogen and oxygen atoms in total. The van der Waals surface area contributed by atoms with E-state index < -0.39 is 102 Å². The molecule has 9 N–H and O–H groups in total. The molecule has 3 aliphatic rings. The van der Waals surface area contributed by atoms with Crippen LogP contribution in [0, 0.1) is 11.8 Å². The SMILES string of the molecule is CCC(C)C(NC(=O)C(C)NC(=O)C1CCCN1)C(=O)N1CCCC1C(=O)NC(CCC(N)=O)C(=O)N1CCCC1C(=O)NC(C(=O)NC(CS)C(=O)O)C(C)C. The first kappa shape index (κ1) is 46.9. The predicted molar refractivity (Wildman–Crippen MR) is 210 cm³/mol. The van der Waals surface area contributed by atoms with E-state index in [1.165, 1.54) is 16.7 Å². The van der Waals surface area contributed by atoms with Gasteiger partial charge in [0.25, 0.3) is 0 Å². The lowest BCUT2D eigenvalue weighted by Crippen LogP contribution is -2.60. The average Bonchev–Trinajstić information content (AvgIpc) is 3.98. The lowest BCUT2D eigenvalue weighted by Gasteiger charge is -2.33. The van der Waals surface area contributed by atoms with Crippen LogP contribution < -0.4 is 37.6 Å². The van der Waals surface area contributed by atoms with Gasteiger partial charge in [-0.1, -0.05) is 34.1 Å². The summed E-state index contributed by atoms with van der Waals surface area (Å²) in [5.41, 5.74) is 5.42. The molecule has 0 aromatic rings. The van der Waals surface area contributed by atoms with E-state index in [0.29, 0.717) is 32.2 Å². The van der Waals surface area contributed by atoms with Crippen LogP contribution in [0.1, 0.15) is 92.4 Å². The van der Waals surface area contributed by atoms with Gasteiger partial charge in [-0.15, -0.1) is 0 Å². The number of carboxylic acids is 1. The monoisotopic (exact) mass is 823 g/mol. The molecular formula is C37H61N9O10S. The van der Waals surface area contributed by atoms with Gasteiger partial charge in [-0.2, -0.15) is 12.6 Å². The smallest absolute Gasteiger partial charge is 0.327 e. The molecule has 3 rings (SSSR count). The number of thiol groups is 1. The van der Waals surface area contributed by atoms with Crippen molar-refractivity contribution >= 4 is 65.9 Å². The van der Waals surface area contributed by atoms with E-state index in [1.807, 2.05) is 6.92 Å². The Balaban J connectivity index is 1.75. The van der Waals surface area contributed by atoms with Gasteiger partial charge in [0.2, 0.25) is 47.3 Å². The molecule has 57 heavy (non-hydrogen) atoms. The van der Waals surface area contributed by atoms with Gasteiger partial charge in [0.15, 0.2) is 0 Å². The zero-order valence-corrected chi connectivity index (χ0v) is 34.4. The van der Waals surface area contributed by atoms with Crippen molar-refractivity contribution in [1.29, 1.82) is 0 Å². The third-order valence-electron chi connectivity index (χ3n) is 10.9. The van der Waals surface area contributed by atoms with E-state index >= 15 is 0 Å². The topological polar surface area (TPSA) is 279 Å². The van der Waals surface area contributed by atoms with Gasteiger partial charge in [-0.3, -0.25) is 38.4 Å². The molecule has 0 radical (unpaired) electrons. The molecule has 3 saturated heterocycles. The fourth-order valence-electron chi connectivity index (χ4n) is 7.28. The van der Waals surface area contributed by atoms with E-state index in [0.717, 1.165) is 6.42 Å². The second-order valence-electron chi connectivity index (χ2n) is 15.5. The van der Waals surface area contributed by atoms with Gasteiger partial charge in [-0.25, -0.2) is 4.79 Å². The second kappa shape index (κ2) is 21.9. The van der Waals surface area contributed by atoms with E-state index in [9.17, 15) is 48.3 Å². The minimum absolute atomic E-state index is 0.138. The maximum Gasteiger partial charge on any atom is 0.327 e. The molecule has 8 amide bonds. The molecule has 3 heterocycles. The minimum atomic E-state index is -1.30. The zero-order chi connectivity index (χ0) is 42.6. The minimum Gasteiger partial charge on any atom is -0.480 e. The molecule has 20 heteroatoms. The maximum absolute atomic E-state index is 14.1. The Morgan fingerprint density at radius 3 is 1.84 bits per heavy atom. The molecule has 0 aliphatic carbocycles. The van der Waals surface area contributed by atoms with Crippen molar-refractivity contribution in [1.82, 2.24) is 41.7 Å². The molecule has 3 aliphatic heterocycles. The molecule has 3 fully saturated rings. The number of nitrogens with two attached hydrogens (primary N) is 1. The van der Waals surface area contributed by atoms with Crippen molar-refractivity contribution in [3.05, 3.63) is 0 Å². The van der Waals surface area contributed by atoms with Crippen LogP contribution in [0.5, 0.6) is 0 Å². The standard InChI is InChI=1S/C37H61N9O10S/c1-6-20(4)29(44-30(48)21(5)40-31(49)22-10-7-15-39-22)36(54)46-17-9-11-25(46)32(50)41-23(13-14-27(38)47)35(53)45-16-8-12-26(45)33(51)43-28(19(2)3)34(52)42-24(18-57)37(55)56/h19-26,28-29,39,57H,6-18H2,1-5H3,(H2,38,47)(H,40,49)(H,41,50)(H,42,52)(H,43,51)(H,44,48)(H,55,56). The highest BCUT2D eigenvalue weighted by atomic mass is 32.1. The van der Waals surface area contributed by atoms with Crippen molar-refractivity contribution in [2.75, 3.05) is 25.4 Å². The Morgan fingerprint density at radius 1 is 0.737 bits per heavy atom. The van der Waals surface area contributed by atoms with Crippen molar-refractivity contribution < 1.29 is 48.3 Å². The van der Waals surface area contributed by atoms with Crippen LogP contribution in [0.3, 0.4) is 0 Å². The van der Waals surface area contributed by atoms with Gasteiger partial charge in [0, 0.05) is 25.3 Å². The molecule has 0 bridgehead atoms. The largest absolute Gasteiger partial charge is 0.480 e. The van der Waals surface area contributed by atoms with Crippen molar-refractivity contribution in [2.45, 2.75) is 141 Å². The Labute approximate surface area is 338 Å². The summed E-state index contributed by atoms with van der Waals surface area (Å²) in [6.45, 7) is 9.58. The molecule has 9 atom stereocenters. The quantitative estimate of drug-likeness (QED) is 0.0615. The van der Waals surface area contributed by atoms with Crippen molar-refractivity contribution in [3.8, 4) is 0 Å². The number of carboxylic acid groups (broad SMARTS) is 1. The summed E-state index contributed by atoms with van der Waals surface area (Å²) in [7, 11) is 0. The Bertz CT molecular complexity index is 1510. The highest BCUT2D eigenvalue weighted by Gasteiger charge is 2.43. The first-order valence-electron chi connectivity index (χ1n) is 19.9. The van der Waals surface area contributed by atoms with Crippen LogP contribution in [0.15, 0.2) is 0 Å². The van der Waals surface area contributed by atoms with Crippen LogP contribution in [0.25, 0.3) is 0 Å². The van der Waals surface area contributed by atoms with Crippen LogP contribution in [-0.2, 0) is 43.2 Å². The Kier molecular flexibility index (Phi) is 18.0. The number of nitrogens with zero attached hydrogens (tertiary/aromatic N) is 2. The predicted octanol–water partition coefficient (Wildman–Crippen LogP) is -1.85.